The smallest absolute Gasteiger partial charge is 0.393 e. The van der Waals surface area contributed by atoms with Crippen molar-refractivity contribution in [2.45, 2.75) is 140 Å². The number of aromatic amines is 1. The van der Waals surface area contributed by atoms with Gasteiger partial charge in [0, 0.05) is 86.1 Å². The van der Waals surface area contributed by atoms with Crippen LogP contribution in [-0.2, 0) is 27.1 Å². The molecule has 82 heavy (non-hydrogen) atoms. The monoisotopic (exact) mass is 1130 g/mol. The molecule has 5 aromatic rings. The molecule has 0 aliphatic carbocycles. The molecule has 9 N–H and O–H groups in total. The number of benzene rings is 3. The van der Waals surface area contributed by atoms with Gasteiger partial charge in [-0.3, -0.25) is 53.9 Å². The molecule has 435 valence electrons. The van der Waals surface area contributed by atoms with E-state index in [-0.39, 0.29) is 104 Å². The molecule has 3 aliphatic heterocycles. The van der Waals surface area contributed by atoms with Gasteiger partial charge >= 0.3 is 6.18 Å². The number of piperidine rings is 1. The maximum Gasteiger partial charge on any atom is 0.416 e. The molecule has 0 spiro atoms. The highest BCUT2D eigenvalue weighted by Gasteiger charge is 2.46. The number of piperazine rings is 1. The van der Waals surface area contributed by atoms with E-state index in [1.807, 2.05) is 29.3 Å². The Morgan fingerprint density at radius 2 is 1.45 bits per heavy atom. The van der Waals surface area contributed by atoms with Crippen LogP contribution < -0.4 is 16.0 Å². The molecule has 0 bridgehead atoms. The minimum Gasteiger partial charge on any atom is -0.393 e. The van der Waals surface area contributed by atoms with Crippen molar-refractivity contribution >= 4 is 57.9 Å². The van der Waals surface area contributed by atoms with Crippen molar-refractivity contribution in [3.63, 3.8) is 0 Å². The quantitative estimate of drug-likeness (QED) is 0.0278. The molecule has 2 saturated heterocycles. The first kappa shape index (κ1) is 60.7. The van der Waals surface area contributed by atoms with Gasteiger partial charge in [-0.05, 0) is 131 Å². The number of aliphatic hydroxyl groups is 5. The highest BCUT2D eigenvalue weighted by Crippen LogP contribution is 2.36. The zero-order valence-electron chi connectivity index (χ0n) is 45.3. The highest BCUT2D eigenvalue weighted by molar-refractivity contribution is 6.26. The molecule has 6 amide bonds. The topological polar surface area (TPSA) is 291 Å². The number of rotatable bonds is 24. The predicted molar refractivity (Wildman–Crippen MR) is 294 cm³/mol. The Bertz CT molecular complexity index is 3210. The van der Waals surface area contributed by atoms with Gasteiger partial charge in [0.05, 0.1) is 59.1 Å². The van der Waals surface area contributed by atoms with Crippen LogP contribution >= 0.6 is 0 Å². The van der Waals surface area contributed by atoms with E-state index in [0.717, 1.165) is 21.9 Å². The summed E-state index contributed by atoms with van der Waals surface area (Å²) in [5, 5.41) is 67.8. The van der Waals surface area contributed by atoms with Crippen LogP contribution in [0.25, 0.3) is 11.0 Å². The third-order valence-electron chi connectivity index (χ3n) is 15.0. The SMILES string of the molecule is Cc1ccc(C(=O)Nc2ccc(CN3CCN([CH]CC(O)CCC(O)CCC(O)CCC(O)CCC(O)CCC(=O)Nc4cccc5c4C(=O)N(C4CCC(=O)NC4=O)C5=O)CC3)c(C(F)(F)F)c2)cc1C#Cc1cnc2[nH]ncc2c1. The van der Waals surface area contributed by atoms with Gasteiger partial charge < -0.3 is 36.2 Å². The Morgan fingerprint density at radius 1 is 0.780 bits per heavy atom. The minimum atomic E-state index is -4.68. The van der Waals surface area contributed by atoms with Crippen LogP contribution in [0.2, 0.25) is 0 Å². The van der Waals surface area contributed by atoms with Crippen molar-refractivity contribution in [3.05, 3.63) is 124 Å². The number of imide groups is 2. The van der Waals surface area contributed by atoms with Crippen molar-refractivity contribution in [2.24, 2.45) is 0 Å². The molecule has 3 aliphatic rings. The Labute approximate surface area is 471 Å². The normalized spacial score (nSPS) is 17.9. The van der Waals surface area contributed by atoms with Crippen molar-refractivity contribution in [1.82, 2.24) is 35.2 Å². The van der Waals surface area contributed by atoms with Gasteiger partial charge in [0.15, 0.2) is 5.65 Å². The van der Waals surface area contributed by atoms with Gasteiger partial charge in [-0.2, -0.15) is 18.3 Å². The Hall–Kier alpha value is -7.43. The van der Waals surface area contributed by atoms with Gasteiger partial charge in [0.2, 0.25) is 17.7 Å². The molecule has 1 radical (unpaired) electrons. The van der Waals surface area contributed by atoms with Gasteiger partial charge in [0.25, 0.3) is 17.7 Å². The standard InChI is InChI=1S/C59H67F3N9O11/c1-35-5-7-38(30-37(35)8-6-36-29-40-33-64-68-54(40)63-32-36)55(79)65-41-10-9-39(48(31-41)59(60,61)62)34-70-27-25-69(26-28-70)24-23-46(76)18-17-44(74)14-13-42(72)11-12-43(73)15-16-45(75)19-21-51(77)66-49-4-2-3-47-53(49)58(82)71(57(47)81)50-20-22-52(78)67-56(50)80/h2-5,7,9-10,24,29-33,42-46,50,72-76H,11-23,25-28,34H2,1H3,(H,65,79)(H,66,77)(H,63,64,68)(H,67,78,80). The molecule has 23 heteroatoms. The minimum absolute atomic E-state index is 0.000164. The lowest BCUT2D eigenvalue weighted by Crippen LogP contribution is -2.54. The first-order valence-electron chi connectivity index (χ1n) is 27.5. The second kappa shape index (κ2) is 27.6. The number of carbonyl (C=O) groups is 6. The summed E-state index contributed by atoms with van der Waals surface area (Å²) in [6.07, 6.45) is -3.42. The second-order valence-electron chi connectivity index (χ2n) is 21.2. The number of hydrogen-bond acceptors (Lipinski definition) is 15. The molecule has 5 heterocycles. The summed E-state index contributed by atoms with van der Waals surface area (Å²) in [6, 6.07) is 13.7. The molecule has 0 saturated carbocycles. The number of carbonyl (C=O) groups excluding carboxylic acids is 6. The van der Waals surface area contributed by atoms with Crippen LogP contribution in [0.1, 0.15) is 142 Å². The van der Waals surface area contributed by atoms with Crippen LogP contribution in [-0.4, -0.2) is 154 Å². The van der Waals surface area contributed by atoms with E-state index in [0.29, 0.717) is 62.2 Å². The number of hydrogen-bond donors (Lipinski definition) is 9. The van der Waals surface area contributed by atoms with Gasteiger partial charge in [-0.1, -0.05) is 30.0 Å². The summed E-state index contributed by atoms with van der Waals surface area (Å²) in [5.41, 5.74) is 2.14. The fraction of sp³-hybridized carbons (Fsp3) is 0.441. The lowest BCUT2D eigenvalue weighted by atomic mass is 9.98. The molecule has 2 fully saturated rings. The highest BCUT2D eigenvalue weighted by atomic mass is 19.4. The summed E-state index contributed by atoms with van der Waals surface area (Å²) in [7, 11) is 0. The number of aryl methyl sites for hydroxylation is 1. The number of alkyl halides is 3. The molecule has 8 rings (SSSR count). The molecule has 20 nitrogen and oxygen atoms in total. The van der Waals surface area contributed by atoms with Crippen molar-refractivity contribution in [1.29, 1.82) is 0 Å². The predicted octanol–water partition coefficient (Wildman–Crippen LogP) is 5.35. The maximum absolute atomic E-state index is 14.5. The molecule has 6 unspecified atom stereocenters. The van der Waals surface area contributed by atoms with Crippen LogP contribution in [0, 0.1) is 25.3 Å². The fourth-order valence-electron chi connectivity index (χ4n) is 10.2. The number of anilines is 2. The summed E-state index contributed by atoms with van der Waals surface area (Å²) in [5.74, 6) is 2.25. The molecule has 3 aromatic carbocycles. The fourth-order valence-corrected chi connectivity index (χ4v) is 10.2. The van der Waals surface area contributed by atoms with E-state index in [1.54, 1.807) is 30.6 Å². The lowest BCUT2D eigenvalue weighted by molar-refractivity contribution is -0.138. The van der Waals surface area contributed by atoms with E-state index < -0.39 is 83.7 Å². The van der Waals surface area contributed by atoms with E-state index in [9.17, 15) is 67.5 Å². The van der Waals surface area contributed by atoms with Crippen LogP contribution in [0.5, 0.6) is 0 Å². The average Bonchev–Trinajstić information content (AvgIpc) is 4.26. The number of aliphatic hydroxyl groups excluding tert-OH is 5. The number of H-pyrrole nitrogens is 1. The summed E-state index contributed by atoms with van der Waals surface area (Å²) < 4.78 is 43.4. The summed E-state index contributed by atoms with van der Waals surface area (Å²) in [6.45, 7) is 5.76. The van der Waals surface area contributed by atoms with Crippen molar-refractivity contribution in [3.8, 4) is 11.8 Å². The Kier molecular flexibility index (Phi) is 20.4. The van der Waals surface area contributed by atoms with E-state index >= 15 is 0 Å². The molecule has 2 aromatic heterocycles. The molecular weight excluding hydrogens is 1070 g/mol. The number of nitrogens with one attached hydrogen (secondary N) is 4. The number of halogens is 3. The first-order valence-corrected chi connectivity index (χ1v) is 27.5. The zero-order chi connectivity index (χ0) is 58.7. The number of pyridine rings is 1. The Morgan fingerprint density at radius 3 is 2.12 bits per heavy atom. The second-order valence-corrected chi connectivity index (χ2v) is 21.2. The van der Waals surface area contributed by atoms with E-state index in [2.05, 4.69) is 43.0 Å². The molecular formula is C59H67F3N9O11. The number of aromatic nitrogens is 3. The van der Waals surface area contributed by atoms with Gasteiger partial charge in [-0.15, -0.1) is 0 Å². The number of amides is 6. The third kappa shape index (κ3) is 16.2. The number of fused-ring (bicyclic) bond motifs is 2. The largest absolute Gasteiger partial charge is 0.416 e. The van der Waals surface area contributed by atoms with E-state index in [1.165, 1.54) is 30.3 Å². The maximum atomic E-state index is 14.5. The van der Waals surface area contributed by atoms with Gasteiger partial charge in [-0.25, -0.2) is 4.98 Å². The summed E-state index contributed by atoms with van der Waals surface area (Å²) in [4.78, 5) is 85.6. The van der Waals surface area contributed by atoms with Crippen molar-refractivity contribution < 1.29 is 67.5 Å². The van der Waals surface area contributed by atoms with Crippen LogP contribution in [0.4, 0.5) is 24.5 Å². The number of nitrogens with zero attached hydrogens (tertiary/aromatic N) is 5. The van der Waals surface area contributed by atoms with Crippen LogP contribution in [0.15, 0.2) is 73.1 Å². The first-order chi connectivity index (χ1) is 39.2. The summed E-state index contributed by atoms with van der Waals surface area (Å²) >= 11 is 0. The van der Waals surface area contributed by atoms with Crippen molar-refractivity contribution in [2.75, 3.05) is 36.8 Å². The zero-order valence-corrected chi connectivity index (χ0v) is 45.3. The van der Waals surface area contributed by atoms with Crippen LogP contribution in [0.3, 0.4) is 0 Å². The lowest BCUT2D eigenvalue weighted by Gasteiger charge is -2.35. The van der Waals surface area contributed by atoms with Gasteiger partial charge in [0.1, 0.15) is 6.04 Å². The molecule has 6 atom stereocenters. The Balaban J connectivity index is 0.676. The average molecular weight is 1140 g/mol. The third-order valence-corrected chi connectivity index (χ3v) is 15.0. The van der Waals surface area contributed by atoms with E-state index in [4.69, 9.17) is 0 Å².